The standard InChI is InChI=1S/C37H45NO12/c1-16-11-10-12-17(2)36(46)38-23-15-24(40)26-27(32(23)44)31(43)21(6)34-28(26)35(45)37(8,50-34)48-14-13-25(47-9)18(3)33(49-22(7)39)20(5)30(42)19(4)29(16)41/h10-16,18-20,25,29-30,33,41-43H,1-9H3,(H,38,46)/t16-,18+,19-,20+,25-,29+,30+,33-,37+/m0/s1. The maximum atomic E-state index is 13.9. The third-order valence-corrected chi connectivity index (χ3v) is 9.80. The van der Waals surface area contributed by atoms with Crippen molar-refractivity contribution in [2.75, 3.05) is 7.11 Å². The van der Waals surface area contributed by atoms with Crippen molar-refractivity contribution < 1.29 is 58.2 Å². The molecule has 1 amide bonds. The van der Waals surface area contributed by atoms with Crippen molar-refractivity contribution >= 4 is 29.2 Å². The quantitative estimate of drug-likeness (QED) is 0.329. The zero-order valence-corrected chi connectivity index (χ0v) is 29.6. The predicted octanol–water partition coefficient (Wildman–Crippen LogP) is 3.63. The number of Topliss-reactive ketones (excluding diaryl/α,β-unsaturated/α-hetero) is 2. The lowest BCUT2D eigenvalue weighted by atomic mass is 9.78. The number of allylic oxidation sites excluding steroid dienone is 4. The van der Waals surface area contributed by atoms with E-state index in [1.54, 1.807) is 39.8 Å². The molecule has 4 N–H and O–H groups in total. The van der Waals surface area contributed by atoms with E-state index in [9.17, 15) is 39.3 Å². The Balaban J connectivity index is 1.83. The number of methoxy groups -OCH3 is 1. The first kappa shape index (κ1) is 38.2. The minimum absolute atomic E-state index is 0.00885. The smallest absolute Gasteiger partial charge is 0.312 e. The van der Waals surface area contributed by atoms with Crippen LogP contribution in [0.4, 0.5) is 0 Å². The number of benzene rings is 1. The molecular formula is C37H45NO12. The summed E-state index contributed by atoms with van der Waals surface area (Å²) in [5.74, 6) is -8.99. The van der Waals surface area contributed by atoms with Gasteiger partial charge >= 0.3 is 11.8 Å². The van der Waals surface area contributed by atoms with Crippen LogP contribution in [0.1, 0.15) is 85.1 Å². The Bertz CT molecular complexity index is 1720. The molecule has 1 aromatic rings. The van der Waals surface area contributed by atoms with Crippen LogP contribution < -0.4 is 10.1 Å². The van der Waals surface area contributed by atoms with Crippen LogP contribution in [-0.4, -0.2) is 81.9 Å². The molecule has 3 heterocycles. The number of aliphatic hydroxyl groups excluding tert-OH is 2. The van der Waals surface area contributed by atoms with Crippen molar-refractivity contribution in [1.82, 2.24) is 5.32 Å². The number of phenolic OH excluding ortho intramolecular Hbond substituents is 1. The predicted molar refractivity (Wildman–Crippen MR) is 179 cm³/mol. The minimum Gasteiger partial charge on any atom is -0.507 e. The van der Waals surface area contributed by atoms with Gasteiger partial charge in [0.1, 0.15) is 17.6 Å². The number of hydrogen-bond donors (Lipinski definition) is 4. The van der Waals surface area contributed by atoms with Gasteiger partial charge in [-0.1, -0.05) is 45.9 Å². The monoisotopic (exact) mass is 695 g/mol. The number of phenols is 1. The van der Waals surface area contributed by atoms with Crippen molar-refractivity contribution in [3.8, 4) is 11.5 Å². The van der Waals surface area contributed by atoms with E-state index in [0.717, 1.165) is 12.3 Å². The van der Waals surface area contributed by atoms with Gasteiger partial charge in [0.05, 0.1) is 47.0 Å². The highest BCUT2D eigenvalue weighted by Gasteiger charge is 2.51. The van der Waals surface area contributed by atoms with E-state index in [-0.39, 0.29) is 28.0 Å². The van der Waals surface area contributed by atoms with Crippen LogP contribution in [0, 0.1) is 30.6 Å². The highest BCUT2D eigenvalue weighted by atomic mass is 16.7. The molecule has 4 aliphatic rings. The summed E-state index contributed by atoms with van der Waals surface area (Å²) in [6.45, 7) is 12.3. The van der Waals surface area contributed by atoms with E-state index in [0.29, 0.717) is 0 Å². The van der Waals surface area contributed by atoms with Crippen LogP contribution in [-0.2, 0) is 23.8 Å². The van der Waals surface area contributed by atoms with Crippen molar-refractivity contribution in [1.29, 1.82) is 0 Å². The molecule has 3 aliphatic heterocycles. The Hall–Kier alpha value is -4.59. The molecule has 0 saturated carbocycles. The van der Waals surface area contributed by atoms with Crippen molar-refractivity contribution in [3.63, 3.8) is 0 Å². The number of aromatic hydroxyl groups is 1. The van der Waals surface area contributed by atoms with Crippen LogP contribution in [0.3, 0.4) is 0 Å². The summed E-state index contributed by atoms with van der Waals surface area (Å²) in [5.41, 5.74) is -1.31. The molecule has 270 valence electrons. The number of hydrogen-bond acceptors (Lipinski definition) is 12. The van der Waals surface area contributed by atoms with Gasteiger partial charge in [-0.2, -0.15) is 0 Å². The zero-order valence-electron chi connectivity index (χ0n) is 29.6. The molecule has 13 heteroatoms. The van der Waals surface area contributed by atoms with Gasteiger partial charge in [0.15, 0.2) is 5.78 Å². The fourth-order valence-electron chi connectivity index (χ4n) is 6.62. The molecule has 5 rings (SSSR count). The average Bonchev–Trinajstić information content (AvgIpc) is 3.33. The molecule has 5 bridgehead atoms. The summed E-state index contributed by atoms with van der Waals surface area (Å²) in [5, 5.41) is 36.1. The van der Waals surface area contributed by atoms with E-state index in [2.05, 4.69) is 5.32 Å². The number of ether oxygens (including phenoxy) is 4. The number of amides is 1. The first-order chi connectivity index (χ1) is 23.4. The Morgan fingerprint density at radius 2 is 1.60 bits per heavy atom. The van der Waals surface area contributed by atoms with Crippen LogP contribution in [0.5, 0.6) is 11.5 Å². The Labute approximate surface area is 290 Å². The highest BCUT2D eigenvalue weighted by Crippen LogP contribution is 2.47. The van der Waals surface area contributed by atoms with Gasteiger partial charge in [-0.25, -0.2) is 0 Å². The summed E-state index contributed by atoms with van der Waals surface area (Å²) in [6, 6.07) is 0. The van der Waals surface area contributed by atoms with Gasteiger partial charge in [0, 0.05) is 61.8 Å². The SMILES string of the molecule is CO[C@H]1C=CO[C@]2(C)Oc3c(C)c(O)c4c(c3C2=O)C(=O)C=C(NC(=O)C(C)=CC=C[C@H](C)[C@@H](O)[C@H](C)[C@@H](O)[C@@H](C)[C@@H](OC(C)=O)[C@@H]1C)C4=O. The fourth-order valence-corrected chi connectivity index (χ4v) is 6.62. The molecule has 0 spiro atoms. The lowest BCUT2D eigenvalue weighted by molar-refractivity contribution is -0.160. The van der Waals surface area contributed by atoms with Gasteiger partial charge < -0.3 is 39.6 Å². The number of carbonyl (C=O) groups excluding carboxylic acids is 5. The fraction of sp³-hybridized carbons (Fsp3) is 0.486. The van der Waals surface area contributed by atoms with Crippen LogP contribution >= 0.6 is 0 Å². The number of rotatable bonds is 2. The average molecular weight is 696 g/mol. The van der Waals surface area contributed by atoms with E-state index in [1.807, 2.05) is 0 Å². The first-order valence-corrected chi connectivity index (χ1v) is 16.4. The largest absolute Gasteiger partial charge is 0.507 e. The number of carbonyl (C=O) groups is 5. The van der Waals surface area contributed by atoms with Gasteiger partial charge in [0.2, 0.25) is 5.78 Å². The van der Waals surface area contributed by atoms with E-state index in [4.69, 9.17) is 18.9 Å². The minimum atomic E-state index is -2.03. The van der Waals surface area contributed by atoms with Gasteiger partial charge in [-0.05, 0) is 19.9 Å². The molecule has 0 radical (unpaired) electrons. The first-order valence-electron chi connectivity index (χ1n) is 16.4. The lowest BCUT2D eigenvalue weighted by Gasteiger charge is -2.38. The van der Waals surface area contributed by atoms with Gasteiger partial charge in [-0.15, -0.1) is 0 Å². The molecular weight excluding hydrogens is 650 g/mol. The third-order valence-electron chi connectivity index (χ3n) is 9.80. The number of ketones is 3. The van der Waals surface area contributed by atoms with Gasteiger partial charge in [-0.3, -0.25) is 24.0 Å². The molecule has 0 aromatic heterocycles. The zero-order chi connectivity index (χ0) is 37.4. The van der Waals surface area contributed by atoms with E-state index >= 15 is 0 Å². The van der Waals surface area contributed by atoms with Crippen LogP contribution in [0.2, 0.25) is 0 Å². The number of nitrogens with one attached hydrogen (secondary N) is 1. The van der Waals surface area contributed by atoms with Crippen LogP contribution in [0.25, 0.3) is 0 Å². The molecule has 1 aliphatic carbocycles. The van der Waals surface area contributed by atoms with Gasteiger partial charge in [0.25, 0.3) is 11.7 Å². The molecule has 0 fully saturated rings. The summed E-state index contributed by atoms with van der Waals surface area (Å²) in [7, 11) is 1.42. The maximum Gasteiger partial charge on any atom is 0.312 e. The second-order valence-corrected chi connectivity index (χ2v) is 13.4. The summed E-state index contributed by atoms with van der Waals surface area (Å²) >= 11 is 0. The Kier molecular flexibility index (Phi) is 11.2. The topological polar surface area (TPSA) is 195 Å². The van der Waals surface area contributed by atoms with Crippen molar-refractivity contribution in [2.45, 2.75) is 85.6 Å². The van der Waals surface area contributed by atoms with Crippen molar-refractivity contribution in [3.05, 3.63) is 70.2 Å². The van der Waals surface area contributed by atoms with E-state index < -0.39 is 100 Å². The summed E-state index contributed by atoms with van der Waals surface area (Å²) < 4.78 is 23.1. The number of aliphatic hydroxyl groups is 2. The Morgan fingerprint density at radius 3 is 2.22 bits per heavy atom. The van der Waals surface area contributed by atoms with Crippen molar-refractivity contribution in [2.24, 2.45) is 23.7 Å². The van der Waals surface area contributed by atoms with E-state index in [1.165, 1.54) is 47.0 Å². The maximum absolute atomic E-state index is 13.9. The molecule has 50 heavy (non-hydrogen) atoms. The summed E-state index contributed by atoms with van der Waals surface area (Å²) in [6.07, 6.45) is 4.31. The number of esters is 1. The Morgan fingerprint density at radius 1 is 0.940 bits per heavy atom. The second kappa shape index (κ2) is 14.7. The molecule has 9 atom stereocenters. The summed E-state index contributed by atoms with van der Waals surface area (Å²) in [4.78, 5) is 66.2. The third kappa shape index (κ3) is 7.03. The number of fused-ring (bicyclic) bond motifs is 14. The normalized spacial score (nSPS) is 32.1. The molecule has 0 saturated heterocycles. The molecule has 13 nitrogen and oxygen atoms in total. The van der Waals surface area contributed by atoms with Crippen LogP contribution in [0.15, 0.2) is 47.9 Å². The molecule has 1 aromatic carbocycles. The second-order valence-electron chi connectivity index (χ2n) is 13.4. The molecule has 0 unspecified atom stereocenters. The lowest BCUT2D eigenvalue weighted by Crippen LogP contribution is -2.46. The highest BCUT2D eigenvalue weighted by molar-refractivity contribution is 6.30.